The van der Waals surface area contributed by atoms with Crippen LogP contribution in [0.2, 0.25) is 0 Å². The molecule has 0 aliphatic rings. The first-order valence-corrected chi connectivity index (χ1v) is 9.13. The van der Waals surface area contributed by atoms with Crippen molar-refractivity contribution in [3.63, 3.8) is 0 Å². The van der Waals surface area contributed by atoms with E-state index in [4.69, 9.17) is 13.9 Å². The lowest BCUT2D eigenvalue weighted by Gasteiger charge is -2.13. The number of nitrogens with zero attached hydrogens (tertiary/aromatic N) is 1. The molecule has 2 aromatic carbocycles. The molecule has 0 saturated heterocycles. The molecule has 0 aliphatic heterocycles. The Labute approximate surface area is 158 Å². The van der Waals surface area contributed by atoms with Gasteiger partial charge in [-0.3, -0.25) is 4.79 Å². The molecule has 27 heavy (non-hydrogen) atoms. The van der Waals surface area contributed by atoms with Gasteiger partial charge in [0.2, 0.25) is 0 Å². The third-order valence-corrected chi connectivity index (χ3v) is 3.97. The van der Waals surface area contributed by atoms with Crippen molar-refractivity contribution in [2.75, 3.05) is 18.5 Å². The molecule has 3 aromatic rings. The summed E-state index contributed by atoms with van der Waals surface area (Å²) >= 11 is 0. The molecular weight excluding hydrogens is 344 g/mol. The van der Waals surface area contributed by atoms with E-state index >= 15 is 0 Å². The molecule has 0 fully saturated rings. The van der Waals surface area contributed by atoms with E-state index in [1.54, 1.807) is 30.3 Å². The van der Waals surface area contributed by atoms with Crippen LogP contribution in [-0.2, 0) is 0 Å². The number of hydrogen-bond donors (Lipinski definition) is 1. The zero-order valence-electron chi connectivity index (χ0n) is 16.0. The summed E-state index contributed by atoms with van der Waals surface area (Å²) in [4.78, 5) is 17.2. The fourth-order valence-electron chi connectivity index (χ4n) is 2.67. The molecule has 1 aromatic heterocycles. The van der Waals surface area contributed by atoms with Crippen LogP contribution in [0.25, 0.3) is 11.1 Å². The van der Waals surface area contributed by atoms with E-state index < -0.39 is 0 Å². The molecule has 0 spiro atoms. The molecule has 0 bridgehead atoms. The van der Waals surface area contributed by atoms with Crippen LogP contribution in [0.4, 0.5) is 5.69 Å². The van der Waals surface area contributed by atoms with Crippen molar-refractivity contribution in [2.45, 2.75) is 33.6 Å². The van der Waals surface area contributed by atoms with Gasteiger partial charge in [0.05, 0.1) is 18.9 Å². The van der Waals surface area contributed by atoms with Crippen molar-refractivity contribution in [3.05, 3.63) is 47.9 Å². The van der Waals surface area contributed by atoms with E-state index in [0.717, 1.165) is 5.52 Å². The normalized spacial score (nSPS) is 11.0. The van der Waals surface area contributed by atoms with Crippen LogP contribution in [-0.4, -0.2) is 24.1 Å². The number of oxazole rings is 1. The van der Waals surface area contributed by atoms with Crippen molar-refractivity contribution in [2.24, 2.45) is 0 Å². The van der Waals surface area contributed by atoms with Gasteiger partial charge in [0, 0.05) is 17.5 Å². The Kier molecular flexibility index (Phi) is 5.64. The van der Waals surface area contributed by atoms with Crippen LogP contribution >= 0.6 is 0 Å². The molecule has 1 amide bonds. The predicted molar refractivity (Wildman–Crippen MR) is 105 cm³/mol. The molecule has 142 valence electrons. The lowest BCUT2D eigenvalue weighted by Crippen LogP contribution is -2.13. The molecule has 0 saturated carbocycles. The average molecular weight is 368 g/mol. The van der Waals surface area contributed by atoms with Gasteiger partial charge >= 0.3 is 0 Å². The summed E-state index contributed by atoms with van der Waals surface area (Å²) in [7, 11) is 0. The van der Waals surface area contributed by atoms with Crippen LogP contribution in [0.1, 0.15) is 49.9 Å². The zero-order chi connectivity index (χ0) is 19.4. The van der Waals surface area contributed by atoms with E-state index in [-0.39, 0.29) is 11.8 Å². The highest BCUT2D eigenvalue weighted by atomic mass is 16.5. The summed E-state index contributed by atoms with van der Waals surface area (Å²) in [5.41, 5.74) is 2.38. The molecule has 6 nitrogen and oxygen atoms in total. The smallest absolute Gasteiger partial charge is 0.255 e. The minimum absolute atomic E-state index is 0.185. The van der Waals surface area contributed by atoms with E-state index in [1.165, 1.54) is 0 Å². The van der Waals surface area contributed by atoms with Gasteiger partial charge < -0.3 is 19.2 Å². The quantitative estimate of drug-likeness (QED) is 0.635. The fourth-order valence-corrected chi connectivity index (χ4v) is 2.67. The predicted octanol–water partition coefficient (Wildman–Crippen LogP) is 5.00. The Morgan fingerprint density at radius 2 is 1.89 bits per heavy atom. The Morgan fingerprint density at radius 1 is 1.11 bits per heavy atom. The molecule has 6 heteroatoms. The van der Waals surface area contributed by atoms with E-state index in [9.17, 15) is 4.79 Å². The maximum atomic E-state index is 12.8. The fraction of sp³-hybridized carbons (Fsp3) is 0.333. The molecule has 1 heterocycles. The van der Waals surface area contributed by atoms with Gasteiger partial charge in [-0.25, -0.2) is 4.98 Å². The maximum absolute atomic E-state index is 12.8. The third-order valence-electron chi connectivity index (χ3n) is 3.97. The Bertz CT molecular complexity index is 947. The first kappa shape index (κ1) is 18.8. The minimum Gasteiger partial charge on any atom is -0.494 e. The largest absolute Gasteiger partial charge is 0.494 e. The van der Waals surface area contributed by atoms with Crippen LogP contribution in [0.3, 0.4) is 0 Å². The SMILES string of the molecule is CCOc1ccc(OCC)c(NC(=O)c2ccc3nc(C(C)C)oc3c2)c1. The standard InChI is InChI=1S/C21H24N2O4/c1-5-25-15-8-10-18(26-6-2)17(12-15)22-20(24)14-7-9-16-19(11-14)27-21(23-16)13(3)4/h7-13H,5-6H2,1-4H3,(H,22,24). The van der Waals surface area contributed by atoms with E-state index in [0.29, 0.717) is 47.4 Å². The number of anilines is 1. The van der Waals surface area contributed by atoms with Crippen molar-refractivity contribution >= 4 is 22.7 Å². The molecule has 0 atom stereocenters. The van der Waals surface area contributed by atoms with Crippen LogP contribution < -0.4 is 14.8 Å². The highest BCUT2D eigenvalue weighted by molar-refractivity contribution is 6.06. The Morgan fingerprint density at radius 3 is 2.59 bits per heavy atom. The molecule has 1 N–H and O–H groups in total. The number of carbonyl (C=O) groups is 1. The number of fused-ring (bicyclic) bond motifs is 1. The van der Waals surface area contributed by atoms with Crippen molar-refractivity contribution < 1.29 is 18.7 Å². The molecule has 3 rings (SSSR count). The first-order chi connectivity index (χ1) is 13.0. The lowest BCUT2D eigenvalue weighted by atomic mass is 10.2. The molecule has 0 unspecified atom stereocenters. The highest BCUT2D eigenvalue weighted by Gasteiger charge is 2.15. The summed E-state index contributed by atoms with van der Waals surface area (Å²) < 4.78 is 16.9. The minimum atomic E-state index is -0.256. The summed E-state index contributed by atoms with van der Waals surface area (Å²) in [5, 5.41) is 2.90. The number of benzene rings is 2. The number of aromatic nitrogens is 1. The third kappa shape index (κ3) is 4.22. The Balaban J connectivity index is 1.87. The molecular formula is C21H24N2O4. The van der Waals surface area contributed by atoms with Crippen LogP contribution in [0.5, 0.6) is 11.5 Å². The molecule has 0 radical (unpaired) electrons. The van der Waals surface area contributed by atoms with Crippen molar-refractivity contribution in [1.29, 1.82) is 0 Å². The van der Waals surface area contributed by atoms with Gasteiger partial charge in [0.15, 0.2) is 11.5 Å². The van der Waals surface area contributed by atoms with Crippen LogP contribution in [0, 0.1) is 0 Å². The van der Waals surface area contributed by atoms with Gasteiger partial charge in [-0.1, -0.05) is 13.8 Å². The van der Waals surface area contributed by atoms with Gasteiger partial charge in [0.1, 0.15) is 17.0 Å². The maximum Gasteiger partial charge on any atom is 0.255 e. The Hall–Kier alpha value is -3.02. The number of amides is 1. The number of carbonyl (C=O) groups excluding carboxylic acids is 1. The number of ether oxygens (including phenoxy) is 2. The van der Waals surface area contributed by atoms with Gasteiger partial charge in [-0.05, 0) is 44.2 Å². The summed E-state index contributed by atoms with van der Waals surface area (Å²) in [6, 6.07) is 10.6. The second kappa shape index (κ2) is 8.12. The highest BCUT2D eigenvalue weighted by Crippen LogP contribution is 2.30. The molecule has 0 aliphatic carbocycles. The van der Waals surface area contributed by atoms with Gasteiger partial charge in [-0.15, -0.1) is 0 Å². The van der Waals surface area contributed by atoms with Crippen molar-refractivity contribution in [3.8, 4) is 11.5 Å². The second-order valence-corrected chi connectivity index (χ2v) is 6.37. The topological polar surface area (TPSA) is 73.6 Å². The van der Waals surface area contributed by atoms with E-state index in [1.807, 2.05) is 33.8 Å². The van der Waals surface area contributed by atoms with Gasteiger partial charge in [0.25, 0.3) is 5.91 Å². The summed E-state index contributed by atoms with van der Waals surface area (Å²) in [6.07, 6.45) is 0. The van der Waals surface area contributed by atoms with E-state index in [2.05, 4.69) is 10.3 Å². The monoisotopic (exact) mass is 368 g/mol. The lowest BCUT2D eigenvalue weighted by molar-refractivity contribution is 0.102. The van der Waals surface area contributed by atoms with Crippen molar-refractivity contribution in [1.82, 2.24) is 4.98 Å². The number of rotatable bonds is 7. The zero-order valence-corrected chi connectivity index (χ0v) is 16.0. The summed E-state index contributed by atoms with van der Waals surface area (Å²) in [5.74, 6) is 1.85. The second-order valence-electron chi connectivity index (χ2n) is 6.37. The number of nitrogens with one attached hydrogen (secondary N) is 1. The number of hydrogen-bond acceptors (Lipinski definition) is 5. The average Bonchev–Trinajstić information content (AvgIpc) is 3.08. The van der Waals surface area contributed by atoms with Crippen LogP contribution in [0.15, 0.2) is 40.8 Å². The summed E-state index contributed by atoms with van der Waals surface area (Å²) in [6.45, 7) is 8.87. The first-order valence-electron chi connectivity index (χ1n) is 9.13. The van der Waals surface area contributed by atoms with Gasteiger partial charge in [-0.2, -0.15) is 0 Å².